The monoisotopic (exact) mass is 585 g/mol. The van der Waals surface area contributed by atoms with Gasteiger partial charge in [0.05, 0.1) is 17.4 Å². The Hall–Kier alpha value is -2.19. The molecule has 1 fully saturated rings. The second-order valence-electron chi connectivity index (χ2n) is 10.9. The summed E-state index contributed by atoms with van der Waals surface area (Å²) < 4.78 is 121. The number of hydrogen-bond donors (Lipinski definition) is 0. The molecule has 0 aromatic heterocycles. The van der Waals surface area contributed by atoms with Gasteiger partial charge in [-0.15, -0.1) is 0 Å². The average molecular weight is 586 g/mol. The Kier molecular flexibility index (Phi) is 11.2. The lowest BCUT2D eigenvalue weighted by Crippen LogP contribution is -2.59. The highest BCUT2D eigenvalue weighted by Crippen LogP contribution is 2.49. The lowest BCUT2D eigenvalue weighted by atomic mass is 9.69. The molecule has 0 radical (unpaired) electrons. The first-order valence-electron chi connectivity index (χ1n) is 12.1. The third-order valence-corrected chi connectivity index (χ3v) is 6.50. The molecular formula is C24H35F8NO6. The molecule has 0 aromatic rings. The van der Waals surface area contributed by atoms with Gasteiger partial charge in [0.1, 0.15) is 12.7 Å². The highest BCUT2D eigenvalue weighted by molar-refractivity contribution is 5.81. The van der Waals surface area contributed by atoms with E-state index in [1.165, 1.54) is 39.8 Å². The summed E-state index contributed by atoms with van der Waals surface area (Å²) in [5, 5.41) is 0. The van der Waals surface area contributed by atoms with Gasteiger partial charge in [-0.1, -0.05) is 13.3 Å². The van der Waals surface area contributed by atoms with Crippen molar-refractivity contribution in [2.75, 3.05) is 33.9 Å². The molecule has 0 spiro atoms. The van der Waals surface area contributed by atoms with Crippen molar-refractivity contribution in [2.24, 2.45) is 16.7 Å². The van der Waals surface area contributed by atoms with E-state index in [2.05, 4.69) is 4.74 Å². The fraction of sp³-hybridized carbons (Fsp3) is 0.875. The van der Waals surface area contributed by atoms with Crippen molar-refractivity contribution in [3.05, 3.63) is 0 Å². The van der Waals surface area contributed by atoms with E-state index in [4.69, 9.17) is 9.47 Å². The summed E-state index contributed by atoms with van der Waals surface area (Å²) in [4.78, 5) is 39.3. The van der Waals surface area contributed by atoms with Crippen LogP contribution < -0.4 is 0 Å². The van der Waals surface area contributed by atoms with Crippen molar-refractivity contribution in [3.63, 3.8) is 0 Å². The van der Waals surface area contributed by atoms with E-state index in [9.17, 15) is 49.5 Å². The first-order chi connectivity index (χ1) is 17.5. The third-order valence-electron chi connectivity index (χ3n) is 6.50. The molecule has 7 nitrogen and oxygen atoms in total. The van der Waals surface area contributed by atoms with Crippen molar-refractivity contribution in [2.45, 2.75) is 83.7 Å². The molecular weight excluding hydrogens is 550 g/mol. The van der Waals surface area contributed by atoms with Crippen LogP contribution in [-0.4, -0.2) is 87.0 Å². The maximum atomic E-state index is 14.1. The largest absolute Gasteiger partial charge is 0.462 e. The van der Waals surface area contributed by atoms with Crippen LogP contribution in [0.1, 0.15) is 53.4 Å². The minimum Gasteiger partial charge on any atom is -0.462 e. The fourth-order valence-electron chi connectivity index (χ4n) is 4.03. The Morgan fingerprint density at radius 3 is 1.95 bits per heavy atom. The van der Waals surface area contributed by atoms with Gasteiger partial charge in [-0.3, -0.25) is 14.4 Å². The number of esters is 2. The summed E-state index contributed by atoms with van der Waals surface area (Å²) in [6.07, 6.45) is -5.92. The zero-order valence-corrected chi connectivity index (χ0v) is 22.6. The number of nitrogens with zero attached hydrogens (tertiary/aromatic N) is 1. The molecule has 0 bridgehead atoms. The van der Waals surface area contributed by atoms with Crippen LogP contribution in [0, 0.1) is 16.7 Å². The molecule has 0 N–H and O–H groups in total. The Balaban J connectivity index is 3.23. The molecule has 1 amide bonds. The summed E-state index contributed by atoms with van der Waals surface area (Å²) in [5.74, 6) is -22.1. The molecule has 1 rings (SSSR count). The normalized spacial score (nSPS) is 18.8. The van der Waals surface area contributed by atoms with Gasteiger partial charge in [0.2, 0.25) is 5.91 Å². The van der Waals surface area contributed by atoms with Crippen LogP contribution in [0.2, 0.25) is 0 Å². The Morgan fingerprint density at radius 1 is 0.974 bits per heavy atom. The first-order valence-corrected chi connectivity index (χ1v) is 12.1. The molecule has 228 valence electrons. The Bertz CT molecular complexity index is 879. The molecule has 1 heterocycles. The summed E-state index contributed by atoms with van der Waals surface area (Å²) >= 11 is 0. The maximum absolute atomic E-state index is 14.1. The second kappa shape index (κ2) is 12.5. The van der Waals surface area contributed by atoms with E-state index in [-0.39, 0.29) is 31.5 Å². The number of halogens is 8. The van der Waals surface area contributed by atoms with Crippen molar-refractivity contribution in [1.82, 2.24) is 4.90 Å². The number of epoxide rings is 1. The third kappa shape index (κ3) is 8.65. The van der Waals surface area contributed by atoms with E-state index in [1.54, 1.807) is 6.92 Å². The molecule has 1 aliphatic rings. The van der Waals surface area contributed by atoms with E-state index >= 15 is 0 Å². The molecule has 3 unspecified atom stereocenters. The Labute approximate surface area is 221 Å². The number of rotatable bonds is 16. The lowest BCUT2D eigenvalue weighted by Gasteiger charge is -2.37. The van der Waals surface area contributed by atoms with Crippen LogP contribution in [0.5, 0.6) is 0 Å². The van der Waals surface area contributed by atoms with Gasteiger partial charge in [-0.25, -0.2) is 8.78 Å². The van der Waals surface area contributed by atoms with Crippen molar-refractivity contribution in [3.8, 4) is 0 Å². The van der Waals surface area contributed by atoms with Crippen LogP contribution in [0.25, 0.3) is 0 Å². The quantitative estimate of drug-likeness (QED) is 0.145. The van der Waals surface area contributed by atoms with Crippen LogP contribution in [0.15, 0.2) is 0 Å². The number of carbonyl (C=O) groups is 3. The van der Waals surface area contributed by atoms with Crippen LogP contribution in [-0.2, 0) is 28.6 Å². The lowest BCUT2D eigenvalue weighted by molar-refractivity contribution is -0.344. The average Bonchev–Trinajstić information content (AvgIpc) is 3.64. The van der Waals surface area contributed by atoms with Gasteiger partial charge in [0.15, 0.2) is 6.61 Å². The first kappa shape index (κ1) is 34.8. The minimum atomic E-state index is -6.55. The van der Waals surface area contributed by atoms with Crippen molar-refractivity contribution >= 4 is 17.8 Å². The fourth-order valence-corrected chi connectivity index (χ4v) is 4.03. The topological polar surface area (TPSA) is 85.4 Å². The predicted molar refractivity (Wildman–Crippen MR) is 121 cm³/mol. The highest BCUT2D eigenvalue weighted by atomic mass is 19.4. The summed E-state index contributed by atoms with van der Waals surface area (Å²) in [6, 6.07) is 0. The molecule has 3 atom stereocenters. The van der Waals surface area contributed by atoms with E-state index in [0.717, 1.165) is 0 Å². The van der Waals surface area contributed by atoms with Gasteiger partial charge < -0.3 is 19.1 Å². The van der Waals surface area contributed by atoms with E-state index in [0.29, 0.717) is 13.0 Å². The minimum absolute atomic E-state index is 0.0853. The molecule has 0 aliphatic carbocycles. The van der Waals surface area contributed by atoms with Crippen molar-refractivity contribution in [1.29, 1.82) is 0 Å². The van der Waals surface area contributed by atoms with Crippen LogP contribution in [0.4, 0.5) is 35.1 Å². The van der Waals surface area contributed by atoms with Gasteiger partial charge >= 0.3 is 36.1 Å². The summed E-state index contributed by atoms with van der Waals surface area (Å²) in [5.41, 5.74) is -3.36. The Morgan fingerprint density at radius 2 is 1.51 bits per heavy atom. The second-order valence-corrected chi connectivity index (χ2v) is 10.9. The van der Waals surface area contributed by atoms with E-state index in [1.807, 2.05) is 0 Å². The van der Waals surface area contributed by atoms with Crippen molar-refractivity contribution < 1.29 is 63.7 Å². The molecule has 1 aliphatic heterocycles. The maximum Gasteiger partial charge on any atom is 0.381 e. The molecule has 0 aromatic carbocycles. The number of hydrogen-bond acceptors (Lipinski definition) is 6. The van der Waals surface area contributed by atoms with Gasteiger partial charge in [-0.2, -0.15) is 26.3 Å². The van der Waals surface area contributed by atoms with Gasteiger partial charge in [0.25, 0.3) is 0 Å². The SMILES string of the molecule is CCC(CC(=O)N(C)C)CC(C)(CC(C)(C)C(=O)OCC1CO1)C(=O)OCC(F)(F)C(F)(F)C(F)(F)C(F)F. The zero-order chi connectivity index (χ0) is 30.6. The number of alkyl halides is 8. The van der Waals surface area contributed by atoms with Gasteiger partial charge in [0, 0.05) is 20.5 Å². The predicted octanol–water partition coefficient (Wildman–Crippen LogP) is 4.96. The van der Waals surface area contributed by atoms with Crippen LogP contribution >= 0.6 is 0 Å². The number of ether oxygens (including phenoxy) is 3. The molecule has 39 heavy (non-hydrogen) atoms. The summed E-state index contributed by atoms with van der Waals surface area (Å²) in [6.45, 7) is 3.24. The molecule has 1 saturated heterocycles. The van der Waals surface area contributed by atoms with Crippen LogP contribution in [0.3, 0.4) is 0 Å². The standard InChI is InChI=1S/C24H35F8NO6/c1-7-14(8-16(34)33(5)6)9-21(4,12-20(2,3)18(35)38-11-15-10-37-15)19(36)39-13-22(27,28)24(31,32)23(29,30)17(25)26/h14-15,17H,7-13H2,1-6H3. The smallest absolute Gasteiger partial charge is 0.381 e. The van der Waals surface area contributed by atoms with Gasteiger partial charge in [-0.05, 0) is 39.5 Å². The van der Waals surface area contributed by atoms with E-state index < -0.39 is 65.9 Å². The zero-order valence-electron chi connectivity index (χ0n) is 22.6. The molecule has 0 saturated carbocycles. The summed E-state index contributed by atoms with van der Waals surface area (Å²) in [7, 11) is 2.95. The molecule has 15 heteroatoms. The highest BCUT2D eigenvalue weighted by Gasteiger charge is 2.75. The number of amides is 1. The number of carbonyl (C=O) groups excluding carboxylic acids is 3.